The lowest BCUT2D eigenvalue weighted by molar-refractivity contribution is -0.118. The van der Waals surface area contributed by atoms with Gasteiger partial charge in [-0.3, -0.25) is 14.2 Å². The van der Waals surface area contributed by atoms with Gasteiger partial charge >= 0.3 is 5.97 Å². The number of para-hydroxylation sites is 1. The first-order valence-corrected chi connectivity index (χ1v) is 11.9. The second-order valence-corrected chi connectivity index (χ2v) is 8.46. The third-order valence-electron chi connectivity index (χ3n) is 5.51. The Bertz CT molecular complexity index is 1160. The van der Waals surface area contributed by atoms with Crippen LogP contribution >= 0.6 is 11.3 Å². The minimum absolute atomic E-state index is 0.196. The number of nitrogens with one attached hydrogen (secondary N) is 1. The molecule has 2 heterocycles. The average molecular weight is 456 g/mol. The molecule has 0 spiro atoms. The number of fused-ring (bicyclic) bond motifs is 1. The van der Waals surface area contributed by atoms with E-state index in [0.29, 0.717) is 11.4 Å². The molecule has 1 atom stereocenters. The highest BCUT2D eigenvalue weighted by Gasteiger charge is 2.23. The van der Waals surface area contributed by atoms with E-state index >= 15 is 0 Å². The molecule has 3 aromatic rings. The molecule has 1 amide bonds. The third kappa shape index (κ3) is 4.75. The standard InChI is InChI=1S/C24H29N3O4S/c1-5-8-12-31-24(30)18-13-32-22-19(18)23(29)27(14-25-22)15(4)21(28)26-20-16(6-2)10-9-11-17(20)7-3/h9-11,13-15H,5-8,12H2,1-4H3,(H,26,28). The summed E-state index contributed by atoms with van der Waals surface area (Å²) in [5.74, 6) is -0.853. The van der Waals surface area contributed by atoms with Crippen LogP contribution in [-0.4, -0.2) is 28.0 Å². The van der Waals surface area contributed by atoms with E-state index in [1.165, 1.54) is 22.2 Å². The van der Waals surface area contributed by atoms with Crippen LogP contribution in [0.1, 0.15) is 68.1 Å². The topological polar surface area (TPSA) is 90.3 Å². The second kappa shape index (κ2) is 10.5. The summed E-state index contributed by atoms with van der Waals surface area (Å²) in [4.78, 5) is 43.5. The van der Waals surface area contributed by atoms with E-state index in [1.807, 2.05) is 39.0 Å². The van der Waals surface area contributed by atoms with Crippen molar-refractivity contribution in [2.75, 3.05) is 11.9 Å². The van der Waals surface area contributed by atoms with Crippen LogP contribution in [0.25, 0.3) is 10.2 Å². The fourth-order valence-electron chi connectivity index (χ4n) is 3.52. The molecular weight excluding hydrogens is 426 g/mol. The lowest BCUT2D eigenvalue weighted by Gasteiger charge is -2.18. The van der Waals surface area contributed by atoms with E-state index < -0.39 is 17.6 Å². The van der Waals surface area contributed by atoms with Crippen LogP contribution in [0.5, 0.6) is 0 Å². The molecule has 0 saturated carbocycles. The Balaban J connectivity index is 1.92. The largest absolute Gasteiger partial charge is 0.462 e. The highest BCUT2D eigenvalue weighted by Crippen LogP contribution is 2.25. The second-order valence-electron chi connectivity index (χ2n) is 7.60. The lowest BCUT2D eigenvalue weighted by atomic mass is 10.0. The Morgan fingerprint density at radius 2 is 1.88 bits per heavy atom. The first-order valence-electron chi connectivity index (χ1n) is 11.0. The maximum atomic E-state index is 13.2. The van der Waals surface area contributed by atoms with Gasteiger partial charge in [-0.05, 0) is 37.3 Å². The average Bonchev–Trinajstić information content (AvgIpc) is 3.24. The number of amides is 1. The van der Waals surface area contributed by atoms with E-state index in [9.17, 15) is 14.4 Å². The van der Waals surface area contributed by atoms with E-state index in [-0.39, 0.29) is 16.9 Å². The van der Waals surface area contributed by atoms with Crippen molar-refractivity contribution >= 4 is 39.1 Å². The number of rotatable bonds is 9. The zero-order chi connectivity index (χ0) is 23.3. The smallest absolute Gasteiger partial charge is 0.339 e. The zero-order valence-corrected chi connectivity index (χ0v) is 19.8. The summed E-state index contributed by atoms with van der Waals surface area (Å²) in [6, 6.07) is 5.15. The monoisotopic (exact) mass is 455 g/mol. The van der Waals surface area contributed by atoms with Gasteiger partial charge in [0.1, 0.15) is 10.9 Å². The molecule has 0 radical (unpaired) electrons. The van der Waals surface area contributed by atoms with Crippen LogP contribution in [0, 0.1) is 0 Å². The van der Waals surface area contributed by atoms with Crippen molar-refractivity contribution in [1.29, 1.82) is 0 Å². The summed E-state index contributed by atoms with van der Waals surface area (Å²) in [5, 5.41) is 4.79. The van der Waals surface area contributed by atoms with Gasteiger partial charge in [-0.15, -0.1) is 11.3 Å². The number of anilines is 1. The Kier molecular flexibility index (Phi) is 7.80. The van der Waals surface area contributed by atoms with Gasteiger partial charge < -0.3 is 10.1 Å². The van der Waals surface area contributed by atoms with Gasteiger partial charge in [0.2, 0.25) is 5.91 Å². The Hall–Kier alpha value is -3.00. The number of hydrogen-bond donors (Lipinski definition) is 1. The Labute approximate surface area is 191 Å². The van der Waals surface area contributed by atoms with Crippen LogP contribution in [0.15, 0.2) is 34.7 Å². The molecule has 0 aliphatic rings. The van der Waals surface area contributed by atoms with E-state index in [0.717, 1.165) is 42.5 Å². The minimum Gasteiger partial charge on any atom is -0.462 e. The van der Waals surface area contributed by atoms with Gasteiger partial charge in [0, 0.05) is 11.1 Å². The Morgan fingerprint density at radius 1 is 1.19 bits per heavy atom. The number of esters is 1. The highest BCUT2D eigenvalue weighted by atomic mass is 32.1. The molecule has 32 heavy (non-hydrogen) atoms. The molecule has 1 aromatic carbocycles. The van der Waals surface area contributed by atoms with Crippen LogP contribution in [0.2, 0.25) is 0 Å². The number of ether oxygens (including phenoxy) is 1. The first kappa shape index (κ1) is 23.7. The maximum Gasteiger partial charge on any atom is 0.339 e. The van der Waals surface area contributed by atoms with Crippen molar-refractivity contribution in [3.05, 3.63) is 57.0 Å². The normalized spacial score (nSPS) is 12.0. The Morgan fingerprint density at radius 3 is 2.50 bits per heavy atom. The number of benzene rings is 1. The summed E-state index contributed by atoms with van der Waals surface area (Å²) in [5.41, 5.74) is 2.65. The minimum atomic E-state index is -0.808. The van der Waals surface area contributed by atoms with E-state index in [1.54, 1.807) is 12.3 Å². The van der Waals surface area contributed by atoms with Gasteiger partial charge in [-0.25, -0.2) is 9.78 Å². The van der Waals surface area contributed by atoms with Crippen molar-refractivity contribution in [1.82, 2.24) is 9.55 Å². The van der Waals surface area contributed by atoms with Crippen LogP contribution < -0.4 is 10.9 Å². The van der Waals surface area contributed by atoms with Crippen LogP contribution in [0.4, 0.5) is 5.69 Å². The van der Waals surface area contributed by atoms with E-state index in [4.69, 9.17) is 4.74 Å². The maximum absolute atomic E-state index is 13.2. The quantitative estimate of drug-likeness (QED) is 0.372. The SMILES string of the molecule is CCCCOC(=O)c1csc2ncn(C(C)C(=O)Nc3c(CC)cccc3CC)c(=O)c12. The predicted molar refractivity (Wildman–Crippen MR) is 128 cm³/mol. The molecule has 170 valence electrons. The molecule has 8 heteroatoms. The number of hydrogen-bond acceptors (Lipinski definition) is 6. The third-order valence-corrected chi connectivity index (χ3v) is 6.40. The highest BCUT2D eigenvalue weighted by molar-refractivity contribution is 7.17. The molecule has 3 rings (SSSR count). The molecule has 0 aliphatic heterocycles. The number of unbranched alkanes of at least 4 members (excludes halogenated alkanes) is 1. The molecule has 0 bridgehead atoms. The summed E-state index contributed by atoms with van der Waals surface area (Å²) in [7, 11) is 0. The number of aryl methyl sites for hydroxylation is 2. The molecule has 1 unspecified atom stereocenters. The lowest BCUT2D eigenvalue weighted by Crippen LogP contribution is -2.32. The van der Waals surface area contributed by atoms with Gasteiger partial charge in [0.05, 0.1) is 23.9 Å². The molecule has 0 aliphatic carbocycles. The summed E-state index contributed by atoms with van der Waals surface area (Å²) < 4.78 is 6.55. The zero-order valence-electron chi connectivity index (χ0n) is 18.9. The van der Waals surface area contributed by atoms with Gasteiger partial charge in [-0.2, -0.15) is 0 Å². The first-order chi connectivity index (χ1) is 15.4. The van der Waals surface area contributed by atoms with Crippen molar-refractivity contribution < 1.29 is 14.3 Å². The molecule has 1 N–H and O–H groups in total. The molecule has 0 saturated heterocycles. The number of carbonyl (C=O) groups is 2. The molecule has 0 fully saturated rings. The van der Waals surface area contributed by atoms with Crippen LogP contribution in [0.3, 0.4) is 0 Å². The van der Waals surface area contributed by atoms with Crippen molar-refractivity contribution in [2.24, 2.45) is 0 Å². The van der Waals surface area contributed by atoms with Crippen molar-refractivity contribution in [2.45, 2.75) is 59.4 Å². The fourth-order valence-corrected chi connectivity index (χ4v) is 4.38. The van der Waals surface area contributed by atoms with Gasteiger partial charge in [-0.1, -0.05) is 45.4 Å². The fraction of sp³-hybridized carbons (Fsp3) is 0.417. The van der Waals surface area contributed by atoms with E-state index in [2.05, 4.69) is 10.3 Å². The van der Waals surface area contributed by atoms with Crippen molar-refractivity contribution in [3.8, 4) is 0 Å². The number of carbonyl (C=O) groups excluding carboxylic acids is 2. The summed E-state index contributed by atoms with van der Waals surface area (Å²) in [6.45, 7) is 8.03. The number of nitrogens with zero attached hydrogens (tertiary/aromatic N) is 2. The number of aromatic nitrogens is 2. The van der Waals surface area contributed by atoms with Gasteiger partial charge in [0.25, 0.3) is 5.56 Å². The van der Waals surface area contributed by atoms with Gasteiger partial charge in [0.15, 0.2) is 0 Å². The molecule has 7 nitrogen and oxygen atoms in total. The molecule has 2 aromatic heterocycles. The van der Waals surface area contributed by atoms with Crippen molar-refractivity contribution in [3.63, 3.8) is 0 Å². The predicted octanol–water partition coefficient (Wildman–Crippen LogP) is 4.74. The summed E-state index contributed by atoms with van der Waals surface area (Å²) >= 11 is 1.21. The molecular formula is C24H29N3O4S. The summed E-state index contributed by atoms with van der Waals surface area (Å²) in [6.07, 6.45) is 4.59. The van der Waals surface area contributed by atoms with Crippen LogP contribution in [-0.2, 0) is 22.4 Å². The number of thiophene rings is 1.